The highest BCUT2D eigenvalue weighted by Gasteiger charge is 2.21. The number of carbonyl (C=O) groups is 1. The summed E-state index contributed by atoms with van der Waals surface area (Å²) in [6, 6.07) is 22.8. The first-order valence-corrected chi connectivity index (χ1v) is 8.31. The number of hydrogen-bond donors (Lipinski definition) is 1. The van der Waals surface area contributed by atoms with Gasteiger partial charge in [-0.15, -0.1) is 0 Å². The molecular formula is C21H17NO5. The Labute approximate surface area is 155 Å². The minimum atomic E-state index is -1.14. The smallest absolute Gasteiger partial charge is 0.345 e. The third-order valence-electron chi connectivity index (χ3n) is 4.06. The molecule has 27 heavy (non-hydrogen) atoms. The van der Waals surface area contributed by atoms with E-state index in [4.69, 9.17) is 4.74 Å². The lowest BCUT2D eigenvalue weighted by Crippen LogP contribution is -2.29. The maximum absolute atomic E-state index is 11.6. The largest absolute Gasteiger partial charge is 0.478 e. The molecule has 0 bridgehead atoms. The zero-order valence-corrected chi connectivity index (χ0v) is 14.3. The van der Waals surface area contributed by atoms with Crippen LogP contribution in [0, 0.1) is 10.1 Å². The Morgan fingerprint density at radius 1 is 0.963 bits per heavy atom. The van der Waals surface area contributed by atoms with Crippen LogP contribution in [-0.2, 0) is 11.2 Å². The summed E-state index contributed by atoms with van der Waals surface area (Å²) in [7, 11) is 0. The Morgan fingerprint density at radius 3 is 2.26 bits per heavy atom. The van der Waals surface area contributed by atoms with Crippen LogP contribution >= 0.6 is 0 Å². The van der Waals surface area contributed by atoms with Gasteiger partial charge in [0.15, 0.2) is 6.10 Å². The maximum atomic E-state index is 11.6. The third kappa shape index (κ3) is 4.70. The van der Waals surface area contributed by atoms with Crippen molar-refractivity contribution in [3.8, 4) is 16.9 Å². The fourth-order valence-corrected chi connectivity index (χ4v) is 2.71. The highest BCUT2D eigenvalue weighted by atomic mass is 16.6. The van der Waals surface area contributed by atoms with Crippen molar-refractivity contribution in [2.75, 3.05) is 0 Å². The van der Waals surface area contributed by atoms with Gasteiger partial charge in [-0.2, -0.15) is 0 Å². The van der Waals surface area contributed by atoms with Gasteiger partial charge in [-0.1, -0.05) is 54.6 Å². The zero-order chi connectivity index (χ0) is 19.2. The van der Waals surface area contributed by atoms with E-state index in [1.54, 1.807) is 18.2 Å². The zero-order valence-electron chi connectivity index (χ0n) is 14.3. The van der Waals surface area contributed by atoms with Gasteiger partial charge in [-0.25, -0.2) is 4.79 Å². The first-order chi connectivity index (χ1) is 13.0. The lowest BCUT2D eigenvalue weighted by molar-refractivity contribution is -0.384. The van der Waals surface area contributed by atoms with E-state index in [1.165, 1.54) is 18.2 Å². The molecule has 0 unspecified atom stereocenters. The Kier molecular flexibility index (Phi) is 5.47. The normalized spacial score (nSPS) is 11.6. The molecule has 0 heterocycles. The van der Waals surface area contributed by atoms with E-state index in [9.17, 15) is 20.0 Å². The molecule has 6 nitrogen and oxygen atoms in total. The minimum absolute atomic E-state index is 0.0252. The van der Waals surface area contributed by atoms with Crippen LogP contribution in [0.3, 0.4) is 0 Å². The number of nitrogens with zero attached hydrogens (tertiary/aromatic N) is 1. The van der Waals surface area contributed by atoms with Crippen LogP contribution in [0.5, 0.6) is 5.75 Å². The van der Waals surface area contributed by atoms with E-state index in [-0.39, 0.29) is 12.1 Å². The molecule has 0 amide bonds. The summed E-state index contributed by atoms with van der Waals surface area (Å²) < 4.78 is 5.60. The molecule has 0 radical (unpaired) electrons. The van der Waals surface area contributed by atoms with Gasteiger partial charge in [0.1, 0.15) is 5.75 Å². The average Bonchev–Trinajstić information content (AvgIpc) is 2.69. The van der Waals surface area contributed by atoms with Gasteiger partial charge in [0.2, 0.25) is 0 Å². The van der Waals surface area contributed by atoms with Crippen LogP contribution in [0.25, 0.3) is 11.1 Å². The van der Waals surface area contributed by atoms with Crippen molar-refractivity contribution in [2.45, 2.75) is 12.5 Å². The highest BCUT2D eigenvalue weighted by molar-refractivity contribution is 5.73. The number of carboxylic acid groups (broad SMARTS) is 1. The number of carboxylic acids is 1. The predicted molar refractivity (Wildman–Crippen MR) is 101 cm³/mol. The number of rotatable bonds is 7. The molecule has 0 fully saturated rings. The molecule has 1 N–H and O–H groups in total. The first-order valence-electron chi connectivity index (χ1n) is 8.31. The summed E-state index contributed by atoms with van der Waals surface area (Å²) in [6.07, 6.45) is -1.12. The number of ether oxygens (including phenoxy) is 1. The summed E-state index contributed by atoms with van der Waals surface area (Å²) >= 11 is 0. The summed E-state index contributed by atoms with van der Waals surface area (Å²) in [6.45, 7) is 0. The van der Waals surface area contributed by atoms with Crippen molar-refractivity contribution in [2.24, 2.45) is 0 Å². The van der Waals surface area contributed by atoms with Crippen LogP contribution < -0.4 is 4.74 Å². The molecule has 136 valence electrons. The topological polar surface area (TPSA) is 89.7 Å². The second-order valence-corrected chi connectivity index (χ2v) is 5.97. The van der Waals surface area contributed by atoms with Gasteiger partial charge in [-0.05, 0) is 28.8 Å². The molecule has 1 atom stereocenters. The highest BCUT2D eigenvalue weighted by Crippen LogP contribution is 2.23. The molecule has 0 aliphatic carbocycles. The molecule has 3 aromatic carbocycles. The second kappa shape index (κ2) is 8.14. The quantitative estimate of drug-likeness (QED) is 0.498. The summed E-state index contributed by atoms with van der Waals surface area (Å²) in [4.78, 5) is 21.9. The van der Waals surface area contributed by atoms with Crippen LogP contribution in [0.1, 0.15) is 5.56 Å². The standard InChI is InChI=1S/C21H17NO5/c23-21(24)20(14-15-5-4-8-18(13-15)22(25)26)27-19-11-9-17(10-12-19)16-6-2-1-3-7-16/h1-13,20H,14H2,(H,23,24)/t20-/m1/s1. The fourth-order valence-electron chi connectivity index (χ4n) is 2.71. The number of nitro groups is 1. The summed E-state index contributed by atoms with van der Waals surface area (Å²) in [5.41, 5.74) is 2.49. The molecular weight excluding hydrogens is 346 g/mol. The number of aliphatic carboxylic acids is 1. The molecule has 0 aliphatic heterocycles. The van der Waals surface area contributed by atoms with Crippen molar-refractivity contribution in [1.82, 2.24) is 0 Å². The second-order valence-electron chi connectivity index (χ2n) is 5.97. The predicted octanol–water partition coefficient (Wildman–Crippen LogP) is 4.34. The summed E-state index contributed by atoms with van der Waals surface area (Å²) in [5, 5.41) is 20.3. The van der Waals surface area contributed by atoms with E-state index in [0.717, 1.165) is 11.1 Å². The van der Waals surface area contributed by atoms with Gasteiger partial charge >= 0.3 is 5.97 Å². The maximum Gasteiger partial charge on any atom is 0.345 e. The third-order valence-corrected chi connectivity index (χ3v) is 4.06. The average molecular weight is 363 g/mol. The molecule has 6 heteroatoms. The van der Waals surface area contributed by atoms with E-state index >= 15 is 0 Å². The SMILES string of the molecule is O=C(O)[C@@H](Cc1cccc([N+](=O)[O-])c1)Oc1ccc(-c2ccccc2)cc1. The Morgan fingerprint density at radius 2 is 1.63 bits per heavy atom. The molecule has 3 rings (SSSR count). The van der Waals surface area contributed by atoms with Gasteiger partial charge in [-0.3, -0.25) is 10.1 Å². The number of hydrogen-bond acceptors (Lipinski definition) is 4. The Hall–Kier alpha value is -3.67. The van der Waals surface area contributed by atoms with E-state index in [2.05, 4.69) is 0 Å². The number of nitro benzene ring substituents is 1. The molecule has 0 saturated heterocycles. The summed E-state index contributed by atoms with van der Waals surface area (Å²) in [5.74, 6) is -0.707. The van der Waals surface area contributed by atoms with Gasteiger partial charge in [0, 0.05) is 18.6 Å². The van der Waals surface area contributed by atoms with Crippen molar-refractivity contribution in [3.05, 3.63) is 94.5 Å². The van der Waals surface area contributed by atoms with Gasteiger partial charge < -0.3 is 9.84 Å². The van der Waals surface area contributed by atoms with E-state index in [1.807, 2.05) is 42.5 Å². The number of non-ortho nitro benzene ring substituents is 1. The van der Waals surface area contributed by atoms with E-state index in [0.29, 0.717) is 11.3 Å². The molecule has 0 spiro atoms. The lowest BCUT2D eigenvalue weighted by Gasteiger charge is -2.15. The lowest BCUT2D eigenvalue weighted by atomic mass is 10.1. The van der Waals surface area contributed by atoms with Crippen LogP contribution in [0.2, 0.25) is 0 Å². The molecule has 0 saturated carbocycles. The van der Waals surface area contributed by atoms with Gasteiger partial charge in [0.05, 0.1) is 4.92 Å². The molecule has 0 aliphatic rings. The first kappa shape index (κ1) is 18.1. The fraction of sp³-hybridized carbons (Fsp3) is 0.0952. The van der Waals surface area contributed by atoms with Crippen LogP contribution in [-0.4, -0.2) is 22.1 Å². The van der Waals surface area contributed by atoms with Crippen molar-refractivity contribution < 1.29 is 19.6 Å². The monoisotopic (exact) mass is 363 g/mol. The Balaban J connectivity index is 1.74. The van der Waals surface area contributed by atoms with E-state index < -0.39 is 17.0 Å². The van der Waals surface area contributed by atoms with Gasteiger partial charge in [0.25, 0.3) is 5.69 Å². The Bertz CT molecular complexity index is 938. The van der Waals surface area contributed by atoms with Crippen molar-refractivity contribution >= 4 is 11.7 Å². The molecule has 3 aromatic rings. The number of benzene rings is 3. The van der Waals surface area contributed by atoms with Crippen LogP contribution in [0.4, 0.5) is 5.69 Å². The van der Waals surface area contributed by atoms with Crippen molar-refractivity contribution in [1.29, 1.82) is 0 Å². The minimum Gasteiger partial charge on any atom is -0.478 e. The van der Waals surface area contributed by atoms with Crippen molar-refractivity contribution in [3.63, 3.8) is 0 Å². The van der Waals surface area contributed by atoms with Crippen LogP contribution in [0.15, 0.2) is 78.9 Å². The molecule has 0 aromatic heterocycles.